The molecule has 0 unspecified atom stereocenters. The molecule has 1 aliphatic heterocycles. The predicted molar refractivity (Wildman–Crippen MR) is 84.5 cm³/mol. The van der Waals surface area contributed by atoms with E-state index in [0.717, 1.165) is 27.5 Å². The van der Waals surface area contributed by atoms with Crippen LogP contribution in [0.3, 0.4) is 0 Å². The first-order valence-corrected chi connectivity index (χ1v) is 7.14. The molecular weight excluding hydrogens is 297 g/mol. The van der Waals surface area contributed by atoms with E-state index >= 15 is 0 Å². The third-order valence-electron chi connectivity index (χ3n) is 3.94. The van der Waals surface area contributed by atoms with Gasteiger partial charge in [-0.1, -0.05) is 0 Å². The van der Waals surface area contributed by atoms with Crippen molar-refractivity contribution in [1.29, 1.82) is 0 Å². The summed E-state index contributed by atoms with van der Waals surface area (Å²) < 4.78 is 15.1. The zero-order chi connectivity index (χ0) is 16.7. The minimum atomic E-state index is -0.436. The zero-order valence-electron chi connectivity index (χ0n) is 13.1. The lowest BCUT2D eigenvalue weighted by molar-refractivity contribution is -0.121. The number of hydrogen-bond donors (Lipinski definition) is 1. The van der Waals surface area contributed by atoms with Gasteiger partial charge in [0.05, 0.1) is 0 Å². The lowest BCUT2D eigenvalue weighted by Gasteiger charge is -2.09. The second-order valence-corrected chi connectivity index (χ2v) is 5.49. The van der Waals surface area contributed by atoms with Gasteiger partial charge in [0.1, 0.15) is 11.5 Å². The maximum absolute atomic E-state index is 13.1. The first-order valence-electron chi connectivity index (χ1n) is 7.14. The van der Waals surface area contributed by atoms with Crippen molar-refractivity contribution < 1.29 is 14.0 Å². The Morgan fingerprint density at radius 3 is 2.35 bits per heavy atom. The van der Waals surface area contributed by atoms with Gasteiger partial charge >= 0.3 is 6.03 Å². The topological polar surface area (TPSA) is 54.3 Å². The summed E-state index contributed by atoms with van der Waals surface area (Å²) in [6.45, 7) is 3.84. The first kappa shape index (κ1) is 15.0. The number of aromatic nitrogens is 1. The number of urea groups is 1. The SMILES string of the molecule is Cc1cc(/C=C2/NC(=O)N(C)C2=O)c(C)n1-c1ccc(F)cc1. The van der Waals surface area contributed by atoms with Gasteiger partial charge < -0.3 is 9.88 Å². The molecule has 1 aromatic carbocycles. The molecule has 0 aliphatic carbocycles. The first-order chi connectivity index (χ1) is 10.9. The Morgan fingerprint density at radius 1 is 1.13 bits per heavy atom. The molecule has 1 fully saturated rings. The fraction of sp³-hybridized carbons (Fsp3) is 0.176. The second kappa shape index (κ2) is 5.39. The number of amides is 3. The molecule has 0 spiro atoms. The summed E-state index contributed by atoms with van der Waals surface area (Å²) >= 11 is 0. The molecule has 1 aliphatic rings. The van der Waals surface area contributed by atoms with E-state index in [1.807, 2.05) is 24.5 Å². The highest BCUT2D eigenvalue weighted by molar-refractivity contribution is 6.13. The van der Waals surface area contributed by atoms with Gasteiger partial charge in [0.25, 0.3) is 5.91 Å². The summed E-state index contributed by atoms with van der Waals surface area (Å²) in [6, 6.07) is 7.69. The molecule has 3 amide bonds. The van der Waals surface area contributed by atoms with Crippen LogP contribution in [0.4, 0.5) is 9.18 Å². The van der Waals surface area contributed by atoms with E-state index in [-0.39, 0.29) is 17.4 Å². The molecule has 3 rings (SSSR count). The van der Waals surface area contributed by atoms with Gasteiger partial charge in [-0.25, -0.2) is 9.18 Å². The summed E-state index contributed by atoms with van der Waals surface area (Å²) in [7, 11) is 1.43. The van der Waals surface area contributed by atoms with Gasteiger partial charge in [0.2, 0.25) is 0 Å². The number of aryl methyl sites for hydroxylation is 1. The monoisotopic (exact) mass is 313 g/mol. The molecule has 1 N–H and O–H groups in total. The highest BCUT2D eigenvalue weighted by Gasteiger charge is 2.30. The second-order valence-electron chi connectivity index (χ2n) is 5.49. The van der Waals surface area contributed by atoms with E-state index in [0.29, 0.717) is 0 Å². The zero-order valence-corrected chi connectivity index (χ0v) is 13.1. The molecule has 0 atom stereocenters. The van der Waals surface area contributed by atoms with Crippen LogP contribution in [0, 0.1) is 19.7 Å². The molecule has 0 saturated carbocycles. The predicted octanol–water partition coefficient (Wildman–Crippen LogP) is 2.76. The van der Waals surface area contributed by atoms with E-state index in [1.165, 1.54) is 19.2 Å². The molecule has 5 nitrogen and oxygen atoms in total. The van der Waals surface area contributed by atoms with Crippen molar-refractivity contribution in [2.75, 3.05) is 7.05 Å². The van der Waals surface area contributed by atoms with Gasteiger partial charge in [-0.05, 0) is 55.8 Å². The molecule has 0 bridgehead atoms. The number of carbonyl (C=O) groups excluding carboxylic acids is 2. The van der Waals surface area contributed by atoms with Crippen molar-refractivity contribution in [3.8, 4) is 5.69 Å². The van der Waals surface area contributed by atoms with E-state index in [4.69, 9.17) is 0 Å². The summed E-state index contributed by atoms with van der Waals surface area (Å²) in [6.07, 6.45) is 1.66. The standard InChI is InChI=1S/C17H16FN3O2/c1-10-8-12(9-15-16(22)20(3)17(23)19-15)11(2)21(10)14-6-4-13(18)5-7-14/h4-9H,1-3H3,(H,19,23)/b15-9+. The van der Waals surface area contributed by atoms with E-state index in [9.17, 15) is 14.0 Å². The van der Waals surface area contributed by atoms with E-state index < -0.39 is 6.03 Å². The number of likely N-dealkylation sites (N-methyl/N-ethyl adjacent to an activating group) is 1. The van der Waals surface area contributed by atoms with Gasteiger partial charge in [-0.15, -0.1) is 0 Å². The Kier molecular flexibility index (Phi) is 3.52. The minimum absolute atomic E-state index is 0.247. The molecule has 2 heterocycles. The quantitative estimate of drug-likeness (QED) is 0.684. The van der Waals surface area contributed by atoms with Crippen molar-refractivity contribution >= 4 is 18.0 Å². The molecule has 6 heteroatoms. The fourth-order valence-electron chi connectivity index (χ4n) is 2.70. The summed E-state index contributed by atoms with van der Waals surface area (Å²) in [5.74, 6) is -0.651. The number of rotatable bonds is 2. The Bertz CT molecular complexity index is 834. The van der Waals surface area contributed by atoms with Gasteiger partial charge in [0, 0.05) is 24.1 Å². The van der Waals surface area contributed by atoms with E-state index in [1.54, 1.807) is 18.2 Å². The maximum Gasteiger partial charge on any atom is 0.328 e. The Labute approximate surface area is 133 Å². The third-order valence-corrected chi connectivity index (χ3v) is 3.94. The Morgan fingerprint density at radius 2 is 1.78 bits per heavy atom. The van der Waals surface area contributed by atoms with Crippen LogP contribution in [0.25, 0.3) is 11.8 Å². The maximum atomic E-state index is 13.1. The van der Waals surface area contributed by atoms with Crippen molar-refractivity contribution in [3.05, 3.63) is 58.8 Å². The average Bonchev–Trinajstić information content (AvgIpc) is 2.92. The summed E-state index contributed by atoms with van der Waals surface area (Å²) in [5.41, 5.74) is 3.76. The van der Waals surface area contributed by atoms with Gasteiger partial charge in [0.15, 0.2) is 0 Å². The number of nitrogens with one attached hydrogen (secondary N) is 1. The van der Waals surface area contributed by atoms with Crippen LogP contribution >= 0.6 is 0 Å². The fourth-order valence-corrected chi connectivity index (χ4v) is 2.70. The lowest BCUT2D eigenvalue weighted by atomic mass is 10.2. The molecule has 23 heavy (non-hydrogen) atoms. The van der Waals surface area contributed by atoms with Crippen molar-refractivity contribution in [2.45, 2.75) is 13.8 Å². The Hall–Kier alpha value is -2.89. The van der Waals surface area contributed by atoms with Crippen LogP contribution in [0.5, 0.6) is 0 Å². The van der Waals surface area contributed by atoms with Crippen LogP contribution in [0.2, 0.25) is 0 Å². The smallest absolute Gasteiger partial charge is 0.318 e. The van der Waals surface area contributed by atoms with E-state index in [2.05, 4.69) is 5.32 Å². The number of carbonyl (C=O) groups is 2. The number of halogens is 1. The number of benzene rings is 1. The van der Waals surface area contributed by atoms with Gasteiger partial charge in [-0.3, -0.25) is 9.69 Å². The van der Waals surface area contributed by atoms with Crippen LogP contribution in [-0.4, -0.2) is 28.5 Å². The number of hydrogen-bond acceptors (Lipinski definition) is 2. The lowest BCUT2D eigenvalue weighted by Crippen LogP contribution is -2.25. The van der Waals surface area contributed by atoms with Crippen LogP contribution < -0.4 is 5.32 Å². The van der Waals surface area contributed by atoms with Crippen LogP contribution in [0.15, 0.2) is 36.0 Å². The molecule has 0 radical (unpaired) electrons. The van der Waals surface area contributed by atoms with Crippen molar-refractivity contribution in [1.82, 2.24) is 14.8 Å². The van der Waals surface area contributed by atoms with Crippen molar-refractivity contribution in [2.24, 2.45) is 0 Å². The largest absolute Gasteiger partial charge is 0.328 e. The Balaban J connectivity index is 2.03. The third kappa shape index (κ3) is 2.52. The summed E-state index contributed by atoms with van der Waals surface area (Å²) in [5, 5.41) is 2.54. The highest BCUT2D eigenvalue weighted by atomic mass is 19.1. The minimum Gasteiger partial charge on any atom is -0.318 e. The summed E-state index contributed by atoms with van der Waals surface area (Å²) in [4.78, 5) is 24.5. The molecular formula is C17H16FN3O2. The number of nitrogens with zero attached hydrogens (tertiary/aromatic N) is 2. The normalized spacial score (nSPS) is 16.3. The average molecular weight is 313 g/mol. The molecule has 118 valence electrons. The molecule has 1 saturated heterocycles. The van der Waals surface area contributed by atoms with Crippen molar-refractivity contribution in [3.63, 3.8) is 0 Å². The van der Waals surface area contributed by atoms with Crippen LogP contribution in [0.1, 0.15) is 17.0 Å². The van der Waals surface area contributed by atoms with Crippen LogP contribution in [-0.2, 0) is 4.79 Å². The molecule has 2 aromatic rings. The highest BCUT2D eigenvalue weighted by Crippen LogP contribution is 2.23. The van der Waals surface area contributed by atoms with Gasteiger partial charge in [-0.2, -0.15) is 0 Å². The number of imide groups is 1. The molecule has 1 aromatic heterocycles.